The van der Waals surface area contributed by atoms with Gasteiger partial charge in [-0.3, -0.25) is 24.7 Å². The van der Waals surface area contributed by atoms with E-state index in [1.54, 1.807) is 6.07 Å². The Morgan fingerprint density at radius 1 is 1.41 bits per heavy atom. The summed E-state index contributed by atoms with van der Waals surface area (Å²) >= 11 is 5.88. The van der Waals surface area contributed by atoms with E-state index in [1.165, 1.54) is 22.9 Å². The summed E-state index contributed by atoms with van der Waals surface area (Å²) in [6, 6.07) is 5.92. The van der Waals surface area contributed by atoms with Crippen LogP contribution in [-0.4, -0.2) is 47.9 Å². The maximum absolute atomic E-state index is 12.4. The van der Waals surface area contributed by atoms with Crippen molar-refractivity contribution in [3.05, 3.63) is 40.7 Å². The van der Waals surface area contributed by atoms with Crippen molar-refractivity contribution in [1.29, 1.82) is 0 Å². The second-order valence-electron chi connectivity index (χ2n) is 6.10. The number of benzene rings is 1. The molecule has 3 aromatic rings. The van der Waals surface area contributed by atoms with Gasteiger partial charge in [-0.15, -0.1) is 5.10 Å². The van der Waals surface area contributed by atoms with E-state index in [9.17, 15) is 14.7 Å². The van der Waals surface area contributed by atoms with Gasteiger partial charge in [-0.2, -0.15) is 10.1 Å². The summed E-state index contributed by atoms with van der Waals surface area (Å²) in [4.78, 5) is 28.5. The Kier molecular flexibility index (Phi) is 4.04. The van der Waals surface area contributed by atoms with Crippen LogP contribution in [-0.2, 0) is 6.54 Å². The van der Waals surface area contributed by atoms with Crippen LogP contribution >= 0.6 is 11.6 Å². The second kappa shape index (κ2) is 6.40. The second-order valence-corrected chi connectivity index (χ2v) is 6.51. The molecule has 4 rings (SSSR count). The number of hydrogen-bond acceptors (Lipinski definition) is 6. The van der Waals surface area contributed by atoms with E-state index in [4.69, 9.17) is 11.6 Å². The van der Waals surface area contributed by atoms with Crippen LogP contribution in [0.4, 0.5) is 5.95 Å². The lowest BCUT2D eigenvalue weighted by Crippen LogP contribution is -2.42. The van der Waals surface area contributed by atoms with Crippen LogP contribution < -0.4 is 10.6 Å². The van der Waals surface area contributed by atoms with Gasteiger partial charge in [-0.25, -0.2) is 0 Å². The number of anilines is 1. The summed E-state index contributed by atoms with van der Waals surface area (Å²) in [7, 11) is 0. The summed E-state index contributed by atoms with van der Waals surface area (Å²) in [6.45, 7) is 2.34. The third kappa shape index (κ3) is 3.22. The predicted molar refractivity (Wildman–Crippen MR) is 95.6 cm³/mol. The quantitative estimate of drug-likeness (QED) is 0.536. The first-order chi connectivity index (χ1) is 12.9. The zero-order valence-electron chi connectivity index (χ0n) is 14.0. The molecule has 10 nitrogen and oxygen atoms in total. The number of carbonyl (C=O) groups is 2. The van der Waals surface area contributed by atoms with Gasteiger partial charge in [0.25, 0.3) is 11.8 Å². The largest absolute Gasteiger partial charge is 0.506 e. The molecule has 1 atom stereocenters. The number of phenolic OH excluding ortho intramolecular Hbond substituents is 1. The molecule has 1 unspecified atom stereocenters. The zero-order valence-corrected chi connectivity index (χ0v) is 14.8. The first-order valence-corrected chi connectivity index (χ1v) is 8.40. The number of nitrogens with zero attached hydrogens (tertiary/aromatic N) is 4. The first kappa shape index (κ1) is 17.0. The number of H-pyrrole nitrogens is 1. The van der Waals surface area contributed by atoms with Crippen molar-refractivity contribution < 1.29 is 14.7 Å². The summed E-state index contributed by atoms with van der Waals surface area (Å²) in [6.07, 6.45) is 0. The van der Waals surface area contributed by atoms with Crippen molar-refractivity contribution in [2.75, 3.05) is 5.32 Å². The lowest BCUT2D eigenvalue weighted by molar-refractivity contribution is 0.0900. The van der Waals surface area contributed by atoms with E-state index in [-0.39, 0.29) is 34.4 Å². The molecular formula is C16H14ClN7O3. The Labute approximate surface area is 157 Å². The lowest BCUT2D eigenvalue weighted by atomic mass is 10.2. The van der Waals surface area contributed by atoms with Gasteiger partial charge in [0.2, 0.25) is 5.95 Å². The van der Waals surface area contributed by atoms with Crippen molar-refractivity contribution in [2.45, 2.75) is 19.5 Å². The predicted octanol–water partition coefficient (Wildman–Crippen LogP) is 1.41. The van der Waals surface area contributed by atoms with Gasteiger partial charge in [-0.05, 0) is 25.1 Å². The summed E-state index contributed by atoms with van der Waals surface area (Å²) in [5, 5.41) is 25.7. The molecule has 4 N–H and O–H groups in total. The number of nitrogens with one attached hydrogen (secondary N) is 3. The number of aromatic amines is 1. The third-order valence-corrected chi connectivity index (χ3v) is 4.30. The fourth-order valence-corrected chi connectivity index (χ4v) is 2.90. The smallest absolute Gasteiger partial charge is 0.278 e. The number of aromatic hydroxyl groups is 1. The standard InChI is InChI=1S/C16H14ClN7O3/c1-7-6-24-11(15(27)18-7)5-10(23-24)14(26)20-16-19-13(21-22-16)8-2-3-12(25)9(17)4-8/h2-5,7,25H,6H2,1H3,(H,18,27)(H2,19,20,21,22,26). The molecule has 1 aliphatic rings. The van der Waals surface area contributed by atoms with Gasteiger partial charge in [0.15, 0.2) is 11.5 Å². The molecule has 0 bridgehead atoms. The van der Waals surface area contributed by atoms with Gasteiger partial charge in [0, 0.05) is 17.7 Å². The van der Waals surface area contributed by atoms with Gasteiger partial charge in [-0.1, -0.05) is 11.6 Å². The van der Waals surface area contributed by atoms with Crippen LogP contribution in [0, 0.1) is 0 Å². The molecule has 0 saturated heterocycles. The van der Waals surface area contributed by atoms with Gasteiger partial charge in [0.05, 0.1) is 11.6 Å². The molecule has 27 heavy (non-hydrogen) atoms. The number of phenols is 1. The maximum atomic E-state index is 12.4. The van der Waals surface area contributed by atoms with E-state index >= 15 is 0 Å². The number of amides is 2. The van der Waals surface area contributed by atoms with Crippen LogP contribution in [0.25, 0.3) is 11.4 Å². The van der Waals surface area contributed by atoms with Crippen molar-refractivity contribution in [2.24, 2.45) is 0 Å². The van der Waals surface area contributed by atoms with Crippen LogP contribution in [0.2, 0.25) is 5.02 Å². The van der Waals surface area contributed by atoms with Crippen LogP contribution in [0.3, 0.4) is 0 Å². The lowest BCUT2D eigenvalue weighted by Gasteiger charge is -2.20. The molecular weight excluding hydrogens is 374 g/mol. The Balaban J connectivity index is 1.52. The Hall–Kier alpha value is -3.40. The topological polar surface area (TPSA) is 138 Å². The van der Waals surface area contributed by atoms with Crippen LogP contribution in [0.5, 0.6) is 5.75 Å². The van der Waals surface area contributed by atoms with E-state index in [2.05, 4.69) is 30.9 Å². The van der Waals surface area contributed by atoms with Crippen molar-refractivity contribution in [1.82, 2.24) is 30.3 Å². The van der Waals surface area contributed by atoms with Crippen molar-refractivity contribution in [3.8, 4) is 17.1 Å². The monoisotopic (exact) mass is 387 g/mol. The molecule has 0 radical (unpaired) electrons. The molecule has 2 aromatic heterocycles. The molecule has 0 aliphatic carbocycles. The number of aromatic nitrogens is 5. The molecule has 11 heteroatoms. The molecule has 2 amide bonds. The maximum Gasteiger partial charge on any atom is 0.278 e. The van der Waals surface area contributed by atoms with Gasteiger partial charge in [0.1, 0.15) is 11.4 Å². The minimum atomic E-state index is -0.536. The van der Waals surface area contributed by atoms with Gasteiger partial charge < -0.3 is 10.4 Å². The number of carbonyl (C=O) groups excluding carboxylic acids is 2. The normalized spacial score (nSPS) is 15.9. The Morgan fingerprint density at radius 2 is 2.22 bits per heavy atom. The minimum absolute atomic E-state index is 0.0444. The fraction of sp³-hybridized carbons (Fsp3) is 0.188. The van der Waals surface area contributed by atoms with E-state index in [0.717, 1.165) is 0 Å². The molecule has 0 fully saturated rings. The fourth-order valence-electron chi connectivity index (χ4n) is 2.72. The molecule has 0 saturated carbocycles. The number of fused-ring (bicyclic) bond motifs is 1. The first-order valence-electron chi connectivity index (χ1n) is 8.02. The molecule has 138 valence electrons. The number of rotatable bonds is 3. The molecule has 3 heterocycles. The Morgan fingerprint density at radius 3 is 3.00 bits per heavy atom. The average molecular weight is 388 g/mol. The van der Waals surface area contributed by atoms with E-state index in [1.807, 2.05) is 6.92 Å². The van der Waals surface area contributed by atoms with Gasteiger partial charge >= 0.3 is 0 Å². The SMILES string of the molecule is CC1Cn2nc(C(=O)Nc3n[nH]c(-c4ccc(O)c(Cl)c4)n3)cc2C(=O)N1. The van der Waals surface area contributed by atoms with E-state index in [0.29, 0.717) is 23.6 Å². The molecule has 0 spiro atoms. The zero-order chi connectivity index (χ0) is 19.1. The summed E-state index contributed by atoms with van der Waals surface area (Å²) < 4.78 is 1.50. The third-order valence-electron chi connectivity index (χ3n) is 4.00. The number of halogens is 1. The Bertz CT molecular complexity index is 1060. The van der Waals surface area contributed by atoms with Crippen molar-refractivity contribution >= 4 is 29.4 Å². The van der Waals surface area contributed by atoms with E-state index < -0.39 is 5.91 Å². The molecule has 1 aromatic carbocycles. The average Bonchev–Trinajstić information content (AvgIpc) is 3.24. The summed E-state index contributed by atoms with van der Waals surface area (Å²) in [5.41, 5.74) is 1.01. The minimum Gasteiger partial charge on any atom is -0.506 e. The highest BCUT2D eigenvalue weighted by Crippen LogP contribution is 2.28. The van der Waals surface area contributed by atoms with Crippen LogP contribution in [0.1, 0.15) is 27.9 Å². The number of hydrogen-bond donors (Lipinski definition) is 4. The van der Waals surface area contributed by atoms with Crippen molar-refractivity contribution in [3.63, 3.8) is 0 Å². The van der Waals surface area contributed by atoms with Crippen LogP contribution in [0.15, 0.2) is 24.3 Å². The summed E-state index contributed by atoms with van der Waals surface area (Å²) in [5.74, 6) is -0.445. The highest BCUT2D eigenvalue weighted by atomic mass is 35.5. The molecule has 1 aliphatic heterocycles. The highest BCUT2D eigenvalue weighted by molar-refractivity contribution is 6.32. The highest BCUT2D eigenvalue weighted by Gasteiger charge is 2.25.